The van der Waals surface area contributed by atoms with Crippen molar-refractivity contribution in [1.82, 2.24) is 9.97 Å². The Kier molecular flexibility index (Phi) is 3.67. The van der Waals surface area contributed by atoms with E-state index in [2.05, 4.69) is 15.3 Å². The highest BCUT2D eigenvalue weighted by Crippen LogP contribution is 1.98. The van der Waals surface area contributed by atoms with Gasteiger partial charge in [-0.25, -0.2) is 9.97 Å². The Morgan fingerprint density at radius 2 is 2.38 bits per heavy atom. The standard InChI is InChI=1S/C8H10N4O/c1-13-3-2-10-8-6-11-7(4-9)5-12-8/h5-6H,2-3H2,1H3,(H,10,12). The van der Waals surface area contributed by atoms with E-state index in [4.69, 9.17) is 10.00 Å². The van der Waals surface area contributed by atoms with Crippen molar-refractivity contribution in [2.45, 2.75) is 0 Å². The van der Waals surface area contributed by atoms with E-state index in [1.165, 1.54) is 12.4 Å². The Bertz CT molecular complexity index is 290. The molecule has 1 aromatic rings. The van der Waals surface area contributed by atoms with Gasteiger partial charge in [0.25, 0.3) is 0 Å². The Hall–Kier alpha value is -1.67. The topological polar surface area (TPSA) is 70.8 Å². The first-order chi connectivity index (χ1) is 6.36. The average Bonchev–Trinajstić information content (AvgIpc) is 2.19. The van der Waals surface area contributed by atoms with Gasteiger partial charge in [0.15, 0.2) is 5.69 Å². The molecule has 0 spiro atoms. The number of hydrogen-bond donors (Lipinski definition) is 1. The van der Waals surface area contributed by atoms with Crippen LogP contribution in [0.1, 0.15) is 5.69 Å². The first-order valence-corrected chi connectivity index (χ1v) is 3.82. The van der Waals surface area contributed by atoms with Crippen molar-refractivity contribution in [2.75, 3.05) is 25.6 Å². The van der Waals surface area contributed by atoms with Crippen LogP contribution < -0.4 is 5.32 Å². The monoisotopic (exact) mass is 178 g/mol. The number of methoxy groups -OCH3 is 1. The van der Waals surface area contributed by atoms with Gasteiger partial charge in [-0.3, -0.25) is 0 Å². The molecular weight excluding hydrogens is 168 g/mol. The second-order valence-electron chi connectivity index (χ2n) is 2.32. The summed E-state index contributed by atoms with van der Waals surface area (Å²) in [6.07, 6.45) is 2.95. The summed E-state index contributed by atoms with van der Waals surface area (Å²) in [6.45, 7) is 1.29. The van der Waals surface area contributed by atoms with Crippen LogP contribution in [0, 0.1) is 11.3 Å². The van der Waals surface area contributed by atoms with Crippen LogP contribution in [0.15, 0.2) is 12.4 Å². The van der Waals surface area contributed by atoms with Gasteiger partial charge < -0.3 is 10.1 Å². The summed E-state index contributed by atoms with van der Waals surface area (Å²) in [5.41, 5.74) is 0.317. The van der Waals surface area contributed by atoms with Gasteiger partial charge in [-0.05, 0) is 0 Å². The van der Waals surface area contributed by atoms with Gasteiger partial charge >= 0.3 is 0 Å². The summed E-state index contributed by atoms with van der Waals surface area (Å²) < 4.78 is 4.85. The van der Waals surface area contributed by atoms with Crippen LogP contribution in [-0.4, -0.2) is 30.2 Å². The highest BCUT2D eigenvalue weighted by molar-refractivity contribution is 5.32. The first kappa shape index (κ1) is 9.42. The number of rotatable bonds is 4. The molecule has 5 heteroatoms. The second-order valence-corrected chi connectivity index (χ2v) is 2.32. The van der Waals surface area contributed by atoms with E-state index >= 15 is 0 Å². The summed E-state index contributed by atoms with van der Waals surface area (Å²) in [4.78, 5) is 7.82. The zero-order valence-electron chi connectivity index (χ0n) is 7.32. The molecule has 0 amide bonds. The largest absolute Gasteiger partial charge is 0.383 e. The van der Waals surface area contributed by atoms with Crippen molar-refractivity contribution in [3.05, 3.63) is 18.1 Å². The molecule has 13 heavy (non-hydrogen) atoms. The van der Waals surface area contributed by atoms with Gasteiger partial charge in [0, 0.05) is 13.7 Å². The van der Waals surface area contributed by atoms with Gasteiger partial charge in [0.1, 0.15) is 11.9 Å². The normalized spacial score (nSPS) is 9.23. The summed E-state index contributed by atoms with van der Waals surface area (Å²) in [5, 5.41) is 11.4. The molecule has 0 saturated carbocycles. The van der Waals surface area contributed by atoms with Crippen LogP contribution in [-0.2, 0) is 4.74 Å². The molecule has 0 unspecified atom stereocenters. The molecule has 0 aliphatic rings. The molecule has 0 radical (unpaired) electrons. The van der Waals surface area contributed by atoms with Crippen LogP contribution in [0.25, 0.3) is 0 Å². The second kappa shape index (κ2) is 5.06. The lowest BCUT2D eigenvalue weighted by molar-refractivity contribution is 0.210. The highest BCUT2D eigenvalue weighted by atomic mass is 16.5. The third kappa shape index (κ3) is 3.05. The van der Waals surface area contributed by atoms with Crippen LogP contribution in [0.5, 0.6) is 0 Å². The maximum atomic E-state index is 8.45. The number of nitrogens with one attached hydrogen (secondary N) is 1. The van der Waals surface area contributed by atoms with E-state index in [1.54, 1.807) is 7.11 Å². The summed E-state index contributed by atoms with van der Waals surface area (Å²) in [6, 6.07) is 1.90. The fraction of sp³-hybridized carbons (Fsp3) is 0.375. The molecule has 0 saturated heterocycles. The first-order valence-electron chi connectivity index (χ1n) is 3.82. The third-order valence-electron chi connectivity index (χ3n) is 1.38. The molecule has 68 valence electrons. The molecule has 1 aromatic heterocycles. The predicted octanol–water partition coefficient (Wildman–Crippen LogP) is 0.407. The van der Waals surface area contributed by atoms with Crippen molar-refractivity contribution in [1.29, 1.82) is 5.26 Å². The van der Waals surface area contributed by atoms with Crippen LogP contribution in [0.3, 0.4) is 0 Å². The van der Waals surface area contributed by atoms with Gasteiger partial charge in [-0.15, -0.1) is 0 Å². The van der Waals surface area contributed by atoms with E-state index in [0.29, 0.717) is 24.7 Å². The predicted molar refractivity (Wildman–Crippen MR) is 47.1 cm³/mol. The van der Waals surface area contributed by atoms with E-state index in [1.807, 2.05) is 6.07 Å². The minimum atomic E-state index is 0.317. The molecule has 1 N–H and O–H groups in total. The minimum absolute atomic E-state index is 0.317. The molecule has 0 bridgehead atoms. The molecular formula is C8H10N4O. The summed E-state index contributed by atoms with van der Waals surface area (Å²) in [7, 11) is 1.63. The summed E-state index contributed by atoms with van der Waals surface area (Å²) >= 11 is 0. The zero-order valence-corrected chi connectivity index (χ0v) is 7.32. The maximum absolute atomic E-state index is 8.45. The SMILES string of the molecule is COCCNc1cnc(C#N)cn1. The fourth-order valence-electron chi connectivity index (χ4n) is 0.758. The molecule has 0 aliphatic carbocycles. The number of hydrogen-bond acceptors (Lipinski definition) is 5. The summed E-state index contributed by atoms with van der Waals surface area (Å²) in [5.74, 6) is 0.649. The number of nitriles is 1. The molecule has 1 rings (SSSR count). The van der Waals surface area contributed by atoms with Crippen molar-refractivity contribution in [3.8, 4) is 6.07 Å². The highest BCUT2D eigenvalue weighted by Gasteiger charge is 1.94. The number of anilines is 1. The zero-order chi connectivity index (χ0) is 9.52. The van der Waals surface area contributed by atoms with Crippen LogP contribution in [0.4, 0.5) is 5.82 Å². The van der Waals surface area contributed by atoms with E-state index in [-0.39, 0.29) is 0 Å². The minimum Gasteiger partial charge on any atom is -0.383 e. The maximum Gasteiger partial charge on any atom is 0.158 e. The Labute approximate surface area is 76.4 Å². The smallest absolute Gasteiger partial charge is 0.158 e. The van der Waals surface area contributed by atoms with Crippen molar-refractivity contribution in [2.24, 2.45) is 0 Å². The molecule has 0 fully saturated rings. The molecule has 0 atom stereocenters. The van der Waals surface area contributed by atoms with E-state index in [0.717, 1.165) is 0 Å². The number of ether oxygens (including phenoxy) is 1. The van der Waals surface area contributed by atoms with E-state index in [9.17, 15) is 0 Å². The lowest BCUT2D eigenvalue weighted by Gasteiger charge is -2.02. The Morgan fingerprint density at radius 3 is 2.92 bits per heavy atom. The average molecular weight is 178 g/mol. The van der Waals surface area contributed by atoms with Gasteiger partial charge in [-0.2, -0.15) is 5.26 Å². The lowest BCUT2D eigenvalue weighted by Crippen LogP contribution is -2.09. The fourth-order valence-corrected chi connectivity index (χ4v) is 0.758. The molecule has 1 heterocycles. The van der Waals surface area contributed by atoms with E-state index < -0.39 is 0 Å². The quantitative estimate of drug-likeness (QED) is 0.676. The Balaban J connectivity index is 2.46. The number of aromatic nitrogens is 2. The molecule has 0 aromatic carbocycles. The van der Waals surface area contributed by atoms with Crippen molar-refractivity contribution in [3.63, 3.8) is 0 Å². The van der Waals surface area contributed by atoms with Crippen molar-refractivity contribution >= 4 is 5.82 Å². The van der Waals surface area contributed by atoms with Gasteiger partial charge in [0.2, 0.25) is 0 Å². The number of nitrogens with zero attached hydrogens (tertiary/aromatic N) is 3. The molecule has 5 nitrogen and oxygen atoms in total. The van der Waals surface area contributed by atoms with Crippen LogP contribution in [0.2, 0.25) is 0 Å². The lowest BCUT2D eigenvalue weighted by atomic mass is 10.5. The van der Waals surface area contributed by atoms with Gasteiger partial charge in [0.05, 0.1) is 19.0 Å². The third-order valence-corrected chi connectivity index (χ3v) is 1.38. The molecule has 0 aliphatic heterocycles. The van der Waals surface area contributed by atoms with Crippen LogP contribution >= 0.6 is 0 Å². The van der Waals surface area contributed by atoms with Gasteiger partial charge in [-0.1, -0.05) is 0 Å². The Morgan fingerprint density at radius 1 is 1.54 bits per heavy atom. The van der Waals surface area contributed by atoms with Crippen molar-refractivity contribution < 1.29 is 4.74 Å².